The van der Waals surface area contributed by atoms with Gasteiger partial charge in [-0.25, -0.2) is 8.42 Å². The summed E-state index contributed by atoms with van der Waals surface area (Å²) in [5, 5.41) is 5.78. The number of nitrogens with one attached hydrogen (secondary N) is 2. The Balaban J connectivity index is 1.49. The van der Waals surface area contributed by atoms with Crippen molar-refractivity contribution in [1.29, 1.82) is 0 Å². The third kappa shape index (κ3) is 7.12. The molecule has 0 saturated heterocycles. The molecule has 2 N–H and O–H groups in total. The number of amides is 2. The number of hydrogen-bond acceptors (Lipinski definition) is 4. The number of rotatable bonds is 9. The lowest BCUT2D eigenvalue weighted by molar-refractivity contribution is 0.0940. The van der Waals surface area contributed by atoms with Gasteiger partial charge in [-0.2, -0.15) is 0 Å². The van der Waals surface area contributed by atoms with Crippen LogP contribution in [0.2, 0.25) is 0 Å². The van der Waals surface area contributed by atoms with Crippen LogP contribution in [-0.4, -0.2) is 26.5 Å². The Labute approximate surface area is 229 Å². The third-order valence-corrected chi connectivity index (χ3v) is 7.47. The van der Waals surface area contributed by atoms with E-state index >= 15 is 0 Å². The molecular weight excluding hydrogens is 510 g/mol. The van der Waals surface area contributed by atoms with E-state index in [4.69, 9.17) is 0 Å². The van der Waals surface area contributed by atoms with E-state index in [1.54, 1.807) is 48.5 Å². The van der Waals surface area contributed by atoms with Crippen molar-refractivity contribution in [2.24, 2.45) is 0 Å². The maximum atomic E-state index is 13.1. The van der Waals surface area contributed by atoms with Crippen LogP contribution < -0.4 is 14.9 Å². The first-order chi connectivity index (χ1) is 18.6. The molecule has 39 heavy (non-hydrogen) atoms. The molecule has 0 bridgehead atoms. The van der Waals surface area contributed by atoms with Crippen molar-refractivity contribution >= 4 is 33.2 Å². The van der Waals surface area contributed by atoms with Crippen molar-refractivity contribution in [2.45, 2.75) is 26.4 Å². The normalized spacial score (nSPS) is 11.9. The first-order valence-corrected chi connectivity index (χ1v) is 14.4. The summed E-state index contributed by atoms with van der Waals surface area (Å²) in [7, 11) is -3.56. The van der Waals surface area contributed by atoms with E-state index in [2.05, 4.69) is 10.6 Å². The Kier molecular flexibility index (Phi) is 8.46. The van der Waals surface area contributed by atoms with E-state index in [1.165, 1.54) is 4.31 Å². The van der Waals surface area contributed by atoms with Crippen LogP contribution in [0.1, 0.15) is 50.4 Å². The van der Waals surface area contributed by atoms with Crippen molar-refractivity contribution in [3.8, 4) is 0 Å². The molecule has 0 saturated carbocycles. The minimum atomic E-state index is -3.56. The Morgan fingerprint density at radius 1 is 0.795 bits per heavy atom. The quantitative estimate of drug-likeness (QED) is 0.284. The number of benzene rings is 4. The molecule has 4 aromatic carbocycles. The SMILES string of the molecule is Cc1ccc(CN(c2ccc(C(=O)Nc3ccccc3C(=O)NC(C)c3ccccc3)cc2)S(C)(=O)=O)cc1. The Bertz CT molecular complexity index is 1550. The standard InChI is InChI=1S/C31H31N3O4S/c1-22-13-15-24(16-14-22)21-34(39(3,37)38)27-19-17-26(18-20-27)30(35)33-29-12-8-7-11-28(29)31(36)32-23(2)25-9-5-4-6-10-25/h4-20,23H,21H2,1-3H3,(H,32,36)(H,33,35). The van der Waals surface area contributed by atoms with Crippen LogP contribution in [0.25, 0.3) is 0 Å². The van der Waals surface area contributed by atoms with Crippen molar-refractivity contribution in [2.75, 3.05) is 15.9 Å². The van der Waals surface area contributed by atoms with Crippen molar-refractivity contribution < 1.29 is 18.0 Å². The molecule has 1 atom stereocenters. The molecule has 200 valence electrons. The highest BCUT2D eigenvalue weighted by atomic mass is 32.2. The van der Waals surface area contributed by atoms with Gasteiger partial charge in [0.05, 0.1) is 35.8 Å². The lowest BCUT2D eigenvalue weighted by Crippen LogP contribution is -2.29. The largest absolute Gasteiger partial charge is 0.345 e. The van der Waals surface area contributed by atoms with Gasteiger partial charge < -0.3 is 10.6 Å². The minimum Gasteiger partial charge on any atom is -0.345 e. The zero-order valence-corrected chi connectivity index (χ0v) is 22.9. The summed E-state index contributed by atoms with van der Waals surface area (Å²) in [4.78, 5) is 26.1. The van der Waals surface area contributed by atoms with Crippen LogP contribution in [0.3, 0.4) is 0 Å². The number of nitrogens with zero attached hydrogens (tertiary/aromatic N) is 1. The average Bonchev–Trinajstić information content (AvgIpc) is 2.93. The van der Waals surface area contributed by atoms with E-state index in [9.17, 15) is 18.0 Å². The van der Waals surface area contributed by atoms with Gasteiger partial charge in [0.25, 0.3) is 11.8 Å². The van der Waals surface area contributed by atoms with Crippen LogP contribution >= 0.6 is 0 Å². The summed E-state index contributed by atoms with van der Waals surface area (Å²) in [6.45, 7) is 4.04. The highest BCUT2D eigenvalue weighted by molar-refractivity contribution is 7.92. The molecule has 0 aliphatic heterocycles. The number of carbonyl (C=O) groups is 2. The predicted molar refractivity (Wildman–Crippen MR) is 155 cm³/mol. The molecule has 1 unspecified atom stereocenters. The highest BCUT2D eigenvalue weighted by Crippen LogP contribution is 2.23. The van der Waals surface area contributed by atoms with Crippen molar-refractivity contribution in [1.82, 2.24) is 5.32 Å². The highest BCUT2D eigenvalue weighted by Gasteiger charge is 2.20. The monoisotopic (exact) mass is 541 g/mol. The van der Waals surface area contributed by atoms with E-state index in [0.29, 0.717) is 22.5 Å². The van der Waals surface area contributed by atoms with E-state index in [0.717, 1.165) is 22.9 Å². The second kappa shape index (κ2) is 12.0. The molecule has 7 nitrogen and oxygen atoms in total. The van der Waals surface area contributed by atoms with E-state index in [-0.39, 0.29) is 18.5 Å². The molecule has 0 fully saturated rings. The maximum Gasteiger partial charge on any atom is 0.255 e. The molecule has 8 heteroatoms. The second-order valence-corrected chi connectivity index (χ2v) is 11.3. The molecule has 0 spiro atoms. The number of para-hydroxylation sites is 1. The van der Waals surface area contributed by atoms with Gasteiger partial charge in [0.1, 0.15) is 0 Å². The summed E-state index contributed by atoms with van der Waals surface area (Å²) in [5.41, 5.74) is 4.40. The first-order valence-electron chi connectivity index (χ1n) is 12.5. The zero-order valence-electron chi connectivity index (χ0n) is 22.1. The van der Waals surface area contributed by atoms with Crippen molar-refractivity contribution in [3.63, 3.8) is 0 Å². The van der Waals surface area contributed by atoms with Crippen LogP contribution in [0.4, 0.5) is 11.4 Å². The van der Waals surface area contributed by atoms with Gasteiger partial charge in [-0.3, -0.25) is 13.9 Å². The fourth-order valence-corrected chi connectivity index (χ4v) is 5.01. The smallest absolute Gasteiger partial charge is 0.255 e. The molecule has 0 heterocycles. The molecule has 0 radical (unpaired) electrons. The Hall–Kier alpha value is -4.43. The second-order valence-electron chi connectivity index (χ2n) is 9.41. The number of anilines is 2. The number of aryl methyl sites for hydroxylation is 1. The molecule has 2 amide bonds. The van der Waals surface area contributed by atoms with Gasteiger partial charge in [-0.15, -0.1) is 0 Å². The van der Waals surface area contributed by atoms with Crippen LogP contribution in [0.15, 0.2) is 103 Å². The number of carbonyl (C=O) groups excluding carboxylic acids is 2. The summed E-state index contributed by atoms with van der Waals surface area (Å²) in [5.74, 6) is -0.722. The Morgan fingerprint density at radius 2 is 1.41 bits per heavy atom. The van der Waals surface area contributed by atoms with Gasteiger partial charge in [0, 0.05) is 5.56 Å². The van der Waals surface area contributed by atoms with Crippen LogP contribution in [0, 0.1) is 6.92 Å². The van der Waals surface area contributed by atoms with Crippen LogP contribution in [-0.2, 0) is 16.6 Å². The molecular formula is C31H31N3O4S. The zero-order chi connectivity index (χ0) is 28.0. The van der Waals surface area contributed by atoms with Gasteiger partial charge >= 0.3 is 0 Å². The van der Waals surface area contributed by atoms with E-state index in [1.807, 2.05) is 68.4 Å². The average molecular weight is 542 g/mol. The maximum absolute atomic E-state index is 13.1. The fraction of sp³-hybridized carbons (Fsp3) is 0.161. The summed E-state index contributed by atoms with van der Waals surface area (Å²) < 4.78 is 26.4. The van der Waals surface area contributed by atoms with Crippen molar-refractivity contribution in [3.05, 3.63) is 131 Å². The van der Waals surface area contributed by atoms with Gasteiger partial charge in [0.2, 0.25) is 10.0 Å². The predicted octanol–water partition coefficient (Wildman–Crippen LogP) is 5.70. The van der Waals surface area contributed by atoms with Gasteiger partial charge in [-0.05, 0) is 61.4 Å². The van der Waals surface area contributed by atoms with Crippen LogP contribution in [0.5, 0.6) is 0 Å². The number of sulfonamides is 1. The lowest BCUT2D eigenvalue weighted by Gasteiger charge is -2.23. The molecule has 0 aliphatic rings. The first kappa shape index (κ1) is 27.6. The van der Waals surface area contributed by atoms with E-state index < -0.39 is 15.9 Å². The molecule has 4 aromatic rings. The molecule has 4 rings (SSSR count). The summed E-state index contributed by atoms with van der Waals surface area (Å²) in [6, 6.07) is 30.2. The van der Waals surface area contributed by atoms with Gasteiger partial charge in [0.15, 0.2) is 0 Å². The summed E-state index contributed by atoms with van der Waals surface area (Å²) >= 11 is 0. The minimum absolute atomic E-state index is 0.175. The third-order valence-electron chi connectivity index (χ3n) is 6.33. The summed E-state index contributed by atoms with van der Waals surface area (Å²) in [6.07, 6.45) is 1.16. The fourth-order valence-electron chi connectivity index (χ4n) is 4.12. The topological polar surface area (TPSA) is 95.6 Å². The Morgan fingerprint density at radius 3 is 2.05 bits per heavy atom. The molecule has 0 aromatic heterocycles. The molecule has 0 aliphatic carbocycles. The van der Waals surface area contributed by atoms with Gasteiger partial charge in [-0.1, -0.05) is 72.3 Å². The number of hydrogen-bond donors (Lipinski definition) is 2. The lowest BCUT2D eigenvalue weighted by atomic mass is 10.1.